The number of fused-ring (bicyclic) bond motifs is 2. The summed E-state index contributed by atoms with van der Waals surface area (Å²) in [6.45, 7) is 0. The summed E-state index contributed by atoms with van der Waals surface area (Å²) in [5, 5.41) is 0. The van der Waals surface area contributed by atoms with Gasteiger partial charge >= 0.3 is 0 Å². The molecule has 1 unspecified atom stereocenters. The lowest BCUT2D eigenvalue weighted by Crippen LogP contribution is -2.50. The van der Waals surface area contributed by atoms with E-state index in [1.165, 1.54) is 11.1 Å². The van der Waals surface area contributed by atoms with Crippen molar-refractivity contribution in [1.82, 2.24) is 0 Å². The van der Waals surface area contributed by atoms with Crippen LogP contribution in [0.5, 0.6) is 0 Å². The minimum Gasteiger partial charge on any atom is -0.253 e. The first kappa shape index (κ1) is 12.4. The second-order valence-corrected chi connectivity index (χ2v) is 6.34. The molecule has 20 heavy (non-hydrogen) atoms. The Balaban J connectivity index is 1.76. The SMILES string of the molecule is N[N+]12C=CN=CC1=C(C1Cc3ccccc3C1)N=C2I. The average Bonchev–Trinajstić information content (AvgIpc) is 2.99. The topological polar surface area (TPSA) is 50.7 Å². The molecule has 0 bridgehead atoms. The van der Waals surface area contributed by atoms with E-state index in [0.29, 0.717) is 5.92 Å². The molecule has 0 radical (unpaired) electrons. The average molecular weight is 377 g/mol. The van der Waals surface area contributed by atoms with Gasteiger partial charge in [0.2, 0.25) is 5.70 Å². The van der Waals surface area contributed by atoms with E-state index in [2.05, 4.69) is 51.8 Å². The molecule has 2 heterocycles. The number of amidine groups is 1. The summed E-state index contributed by atoms with van der Waals surface area (Å²) < 4.78 is 1.05. The maximum absolute atomic E-state index is 6.43. The van der Waals surface area contributed by atoms with Gasteiger partial charge < -0.3 is 0 Å². The fourth-order valence-electron chi connectivity index (χ4n) is 3.14. The molecule has 0 amide bonds. The number of allylic oxidation sites excluding steroid dienone is 2. The van der Waals surface area contributed by atoms with Crippen molar-refractivity contribution in [3.63, 3.8) is 0 Å². The summed E-state index contributed by atoms with van der Waals surface area (Å²) in [6.07, 6.45) is 7.56. The van der Waals surface area contributed by atoms with Crippen molar-refractivity contribution in [2.75, 3.05) is 0 Å². The molecule has 1 aliphatic carbocycles. The predicted molar refractivity (Wildman–Crippen MR) is 87.9 cm³/mol. The van der Waals surface area contributed by atoms with Crippen molar-refractivity contribution in [1.29, 1.82) is 0 Å². The maximum atomic E-state index is 6.43. The van der Waals surface area contributed by atoms with Crippen molar-refractivity contribution in [2.45, 2.75) is 12.8 Å². The highest BCUT2D eigenvalue weighted by molar-refractivity contribution is 14.1. The van der Waals surface area contributed by atoms with Crippen LogP contribution in [0.3, 0.4) is 0 Å². The number of rotatable bonds is 1. The van der Waals surface area contributed by atoms with Crippen LogP contribution in [0.2, 0.25) is 0 Å². The van der Waals surface area contributed by atoms with E-state index in [9.17, 15) is 0 Å². The van der Waals surface area contributed by atoms with Crippen molar-refractivity contribution < 1.29 is 4.59 Å². The van der Waals surface area contributed by atoms with Gasteiger partial charge in [-0.2, -0.15) is 10.8 Å². The molecule has 4 rings (SSSR count). The Morgan fingerprint density at radius 2 is 1.90 bits per heavy atom. The first-order chi connectivity index (χ1) is 9.68. The summed E-state index contributed by atoms with van der Waals surface area (Å²) in [6, 6.07) is 8.64. The van der Waals surface area contributed by atoms with Crippen molar-refractivity contribution >= 4 is 32.6 Å². The Hall–Kier alpha value is -1.31. The Kier molecular flexibility index (Phi) is 2.70. The van der Waals surface area contributed by atoms with Crippen LogP contribution in [0.1, 0.15) is 11.1 Å². The third kappa shape index (κ3) is 1.66. The van der Waals surface area contributed by atoms with Gasteiger partial charge in [-0.25, -0.2) is 0 Å². The van der Waals surface area contributed by atoms with E-state index in [4.69, 9.17) is 10.8 Å². The number of hydrogen-bond acceptors (Lipinski definition) is 3. The van der Waals surface area contributed by atoms with E-state index in [0.717, 1.165) is 28.1 Å². The summed E-state index contributed by atoms with van der Waals surface area (Å²) in [5.41, 5.74) is 4.97. The molecule has 1 aromatic rings. The molecular formula is C15H14IN4+. The summed E-state index contributed by atoms with van der Waals surface area (Å²) in [5.74, 6) is 6.85. The number of hydrogen-bond donors (Lipinski definition) is 1. The zero-order chi connectivity index (χ0) is 13.7. The van der Waals surface area contributed by atoms with Crippen LogP contribution >= 0.6 is 22.6 Å². The predicted octanol–water partition coefficient (Wildman–Crippen LogP) is 2.66. The molecule has 2 N–H and O–H groups in total. The third-order valence-corrected chi connectivity index (χ3v) is 5.24. The van der Waals surface area contributed by atoms with E-state index in [1.54, 1.807) is 6.20 Å². The van der Waals surface area contributed by atoms with E-state index < -0.39 is 0 Å². The van der Waals surface area contributed by atoms with Crippen molar-refractivity contribution in [3.8, 4) is 0 Å². The van der Waals surface area contributed by atoms with Gasteiger partial charge in [0.15, 0.2) is 0 Å². The molecule has 5 heteroatoms. The normalized spacial score (nSPS) is 27.8. The third-order valence-electron chi connectivity index (χ3n) is 4.20. The van der Waals surface area contributed by atoms with Gasteiger partial charge in [-0.15, -0.1) is 4.59 Å². The molecule has 0 aromatic heterocycles. The van der Waals surface area contributed by atoms with Gasteiger partial charge in [0.05, 0.1) is 35.0 Å². The Morgan fingerprint density at radius 3 is 2.60 bits per heavy atom. The lowest BCUT2D eigenvalue weighted by Gasteiger charge is -2.23. The molecule has 4 nitrogen and oxygen atoms in total. The van der Waals surface area contributed by atoms with Crippen molar-refractivity contribution in [3.05, 3.63) is 59.2 Å². The van der Waals surface area contributed by atoms with Gasteiger partial charge in [0, 0.05) is 5.92 Å². The quantitative estimate of drug-likeness (QED) is 0.348. The number of quaternary nitrogens is 1. The largest absolute Gasteiger partial charge is 0.293 e. The minimum atomic E-state index is 0.173. The molecule has 1 aromatic carbocycles. The molecular weight excluding hydrogens is 363 g/mol. The minimum absolute atomic E-state index is 0.173. The standard InChI is InChI=1S/C15H14IN4/c16-15-19-14(13-9-18-5-6-20(13,15)17)12-7-10-3-1-2-4-11(10)8-12/h1-6,9,12H,7-8,17H2/q+1. The highest BCUT2D eigenvalue weighted by Gasteiger charge is 2.44. The number of benzene rings is 1. The second-order valence-electron chi connectivity index (χ2n) is 5.38. The molecule has 0 saturated heterocycles. The fourth-order valence-corrected chi connectivity index (χ4v) is 3.82. The monoisotopic (exact) mass is 377 g/mol. The number of nitrogens with two attached hydrogens (primary N) is 1. The van der Waals surface area contributed by atoms with E-state index >= 15 is 0 Å². The Bertz CT molecular complexity index is 691. The lowest BCUT2D eigenvalue weighted by atomic mass is 10.0. The first-order valence-electron chi connectivity index (χ1n) is 6.63. The zero-order valence-electron chi connectivity index (χ0n) is 10.8. The van der Waals surface area contributed by atoms with Gasteiger partial charge in [0.1, 0.15) is 11.9 Å². The van der Waals surface area contributed by atoms with Gasteiger partial charge in [0.25, 0.3) is 3.84 Å². The molecule has 0 spiro atoms. The molecule has 0 fully saturated rings. The summed E-state index contributed by atoms with van der Waals surface area (Å²) in [4.78, 5) is 8.99. The smallest absolute Gasteiger partial charge is 0.253 e. The van der Waals surface area contributed by atoms with Crippen LogP contribution in [-0.4, -0.2) is 14.6 Å². The Labute approximate surface area is 131 Å². The van der Waals surface area contributed by atoms with Gasteiger partial charge in [-0.1, -0.05) is 24.3 Å². The van der Waals surface area contributed by atoms with Crippen LogP contribution in [0, 0.1) is 5.92 Å². The number of nitrogens with zero attached hydrogens (tertiary/aromatic N) is 3. The molecule has 100 valence electrons. The molecule has 2 aliphatic heterocycles. The number of aliphatic imine (C=N–C) groups is 2. The van der Waals surface area contributed by atoms with E-state index in [-0.39, 0.29) is 4.59 Å². The number of halogens is 1. The lowest BCUT2D eigenvalue weighted by molar-refractivity contribution is -0.745. The zero-order valence-corrected chi connectivity index (χ0v) is 13.0. The van der Waals surface area contributed by atoms with Crippen LogP contribution in [0.4, 0.5) is 0 Å². The van der Waals surface area contributed by atoms with Crippen LogP contribution < -0.4 is 5.84 Å². The fraction of sp³-hybridized carbons (Fsp3) is 0.200. The molecule has 3 aliphatic rings. The van der Waals surface area contributed by atoms with Crippen LogP contribution in [0.25, 0.3) is 0 Å². The summed E-state index contributed by atoms with van der Waals surface area (Å²) >= 11 is 2.23. The van der Waals surface area contributed by atoms with Gasteiger partial charge in [-0.05, 0) is 24.0 Å². The van der Waals surface area contributed by atoms with Gasteiger partial charge in [-0.3, -0.25) is 4.99 Å². The summed E-state index contributed by atoms with van der Waals surface area (Å²) in [7, 11) is 0. The highest BCUT2D eigenvalue weighted by atomic mass is 127. The second kappa shape index (κ2) is 4.34. The first-order valence-corrected chi connectivity index (χ1v) is 7.71. The highest BCUT2D eigenvalue weighted by Crippen LogP contribution is 2.39. The van der Waals surface area contributed by atoms with E-state index in [1.807, 2.05) is 12.4 Å². The van der Waals surface area contributed by atoms with Crippen molar-refractivity contribution in [2.24, 2.45) is 21.7 Å². The van der Waals surface area contributed by atoms with Crippen LogP contribution in [0.15, 0.2) is 58.0 Å². The van der Waals surface area contributed by atoms with Crippen LogP contribution in [-0.2, 0) is 12.8 Å². The Morgan fingerprint density at radius 1 is 1.20 bits per heavy atom. The maximum Gasteiger partial charge on any atom is 0.293 e. The molecule has 0 saturated carbocycles. The molecule has 1 atom stereocenters.